The van der Waals surface area contributed by atoms with Crippen molar-refractivity contribution in [3.8, 4) is 0 Å². The maximum Gasteiger partial charge on any atom is 0.0595 e. The first-order chi connectivity index (χ1) is 9.06. The minimum absolute atomic E-state index is 0.0553. The fourth-order valence-electron chi connectivity index (χ4n) is 1.73. The Morgan fingerprint density at radius 2 is 1.89 bits per heavy atom. The summed E-state index contributed by atoms with van der Waals surface area (Å²) in [6.45, 7) is 2.09. The lowest BCUT2D eigenvalue weighted by Gasteiger charge is -2.12. The molecule has 19 heavy (non-hydrogen) atoms. The van der Waals surface area contributed by atoms with Gasteiger partial charge >= 0.3 is 0 Å². The second-order valence-electron chi connectivity index (χ2n) is 4.41. The topological polar surface area (TPSA) is 26.0 Å². The van der Waals surface area contributed by atoms with Crippen molar-refractivity contribution in [2.75, 3.05) is 5.75 Å². The van der Waals surface area contributed by atoms with Gasteiger partial charge in [0.2, 0.25) is 0 Å². The van der Waals surface area contributed by atoms with E-state index in [4.69, 9.17) is 28.9 Å². The molecule has 0 saturated carbocycles. The molecule has 0 amide bonds. The molecule has 2 aromatic carbocycles. The van der Waals surface area contributed by atoms with Crippen molar-refractivity contribution in [1.29, 1.82) is 0 Å². The number of halogens is 2. The van der Waals surface area contributed by atoms with E-state index in [1.807, 2.05) is 12.1 Å². The molecule has 4 heteroatoms. The molecule has 1 nitrogen and oxygen atoms in total. The second kappa shape index (κ2) is 6.67. The van der Waals surface area contributed by atoms with Gasteiger partial charge < -0.3 is 5.73 Å². The Labute approximate surface area is 128 Å². The average molecular weight is 312 g/mol. The third kappa shape index (κ3) is 4.15. The Kier molecular flexibility index (Phi) is 5.17. The normalized spacial score (nSPS) is 12.4. The number of rotatable bonds is 4. The van der Waals surface area contributed by atoms with Crippen molar-refractivity contribution in [1.82, 2.24) is 0 Å². The molecule has 0 aliphatic rings. The molecular weight excluding hydrogens is 297 g/mol. The highest BCUT2D eigenvalue weighted by Gasteiger charge is 2.09. The van der Waals surface area contributed by atoms with Crippen LogP contribution >= 0.6 is 35.0 Å². The van der Waals surface area contributed by atoms with Gasteiger partial charge in [-0.25, -0.2) is 0 Å². The zero-order valence-electron chi connectivity index (χ0n) is 10.6. The number of nitrogens with two attached hydrogens (primary N) is 1. The summed E-state index contributed by atoms with van der Waals surface area (Å²) < 4.78 is 0. The largest absolute Gasteiger partial charge is 0.323 e. The van der Waals surface area contributed by atoms with Crippen molar-refractivity contribution in [2.45, 2.75) is 17.9 Å². The minimum atomic E-state index is -0.0553. The standard InChI is InChI=1S/C15H15Cl2NS/c1-10-3-2-4-12(7-10)19-9-15(18)11-5-6-13(16)14(17)8-11/h2-8,15H,9,18H2,1H3. The van der Waals surface area contributed by atoms with Gasteiger partial charge in [0.15, 0.2) is 0 Å². The molecule has 2 aromatic rings. The summed E-state index contributed by atoms with van der Waals surface area (Å²) in [4.78, 5) is 1.23. The van der Waals surface area contributed by atoms with E-state index in [0.717, 1.165) is 11.3 Å². The summed E-state index contributed by atoms with van der Waals surface area (Å²) in [6, 6.07) is 13.9. The maximum atomic E-state index is 6.18. The molecule has 0 aliphatic carbocycles. The fourth-order valence-corrected chi connectivity index (χ4v) is 3.05. The Morgan fingerprint density at radius 1 is 1.11 bits per heavy atom. The van der Waals surface area contributed by atoms with Crippen LogP contribution in [-0.4, -0.2) is 5.75 Å². The highest BCUT2D eigenvalue weighted by Crippen LogP contribution is 2.28. The van der Waals surface area contributed by atoms with E-state index in [9.17, 15) is 0 Å². The highest BCUT2D eigenvalue weighted by molar-refractivity contribution is 7.99. The number of hydrogen-bond donors (Lipinski definition) is 1. The molecule has 0 saturated heterocycles. The summed E-state index contributed by atoms with van der Waals surface area (Å²) in [5.41, 5.74) is 8.44. The molecule has 0 fully saturated rings. The van der Waals surface area contributed by atoms with Crippen LogP contribution in [0.25, 0.3) is 0 Å². The number of benzene rings is 2. The third-order valence-corrected chi connectivity index (χ3v) is 4.64. The zero-order chi connectivity index (χ0) is 13.8. The SMILES string of the molecule is Cc1cccc(SCC(N)c2ccc(Cl)c(Cl)c2)c1. The predicted molar refractivity (Wildman–Crippen MR) is 85.3 cm³/mol. The van der Waals surface area contributed by atoms with Crippen LogP contribution in [0.4, 0.5) is 0 Å². The van der Waals surface area contributed by atoms with Gasteiger partial charge in [-0.05, 0) is 36.8 Å². The van der Waals surface area contributed by atoms with Crippen LogP contribution in [-0.2, 0) is 0 Å². The van der Waals surface area contributed by atoms with E-state index in [1.54, 1.807) is 17.8 Å². The molecule has 0 heterocycles. The Bertz CT molecular complexity index is 572. The first-order valence-electron chi connectivity index (χ1n) is 5.96. The van der Waals surface area contributed by atoms with Gasteiger partial charge in [-0.15, -0.1) is 11.8 Å². The van der Waals surface area contributed by atoms with Crippen LogP contribution < -0.4 is 5.73 Å². The predicted octanol–water partition coefficient (Wildman–Crippen LogP) is 5.09. The molecule has 1 unspecified atom stereocenters. The average Bonchev–Trinajstić information content (AvgIpc) is 2.39. The molecule has 0 aromatic heterocycles. The summed E-state index contributed by atoms with van der Waals surface area (Å²) in [5.74, 6) is 0.807. The van der Waals surface area contributed by atoms with Gasteiger partial charge in [-0.2, -0.15) is 0 Å². The highest BCUT2D eigenvalue weighted by atomic mass is 35.5. The van der Waals surface area contributed by atoms with E-state index in [1.165, 1.54) is 10.5 Å². The van der Waals surface area contributed by atoms with Gasteiger partial charge in [0, 0.05) is 16.7 Å². The Morgan fingerprint density at radius 3 is 2.58 bits per heavy atom. The molecular formula is C15H15Cl2NS. The Balaban J connectivity index is 2.01. The van der Waals surface area contributed by atoms with E-state index < -0.39 is 0 Å². The van der Waals surface area contributed by atoms with Gasteiger partial charge in [0.25, 0.3) is 0 Å². The van der Waals surface area contributed by atoms with E-state index in [0.29, 0.717) is 10.0 Å². The van der Waals surface area contributed by atoms with Gasteiger partial charge in [-0.3, -0.25) is 0 Å². The summed E-state index contributed by atoms with van der Waals surface area (Å²) in [6.07, 6.45) is 0. The summed E-state index contributed by atoms with van der Waals surface area (Å²) in [7, 11) is 0. The molecule has 100 valence electrons. The lowest BCUT2D eigenvalue weighted by atomic mass is 10.1. The molecule has 1 atom stereocenters. The van der Waals surface area contributed by atoms with Crippen LogP contribution in [0.2, 0.25) is 10.0 Å². The van der Waals surface area contributed by atoms with Crippen molar-refractivity contribution in [2.24, 2.45) is 5.73 Å². The van der Waals surface area contributed by atoms with E-state index >= 15 is 0 Å². The minimum Gasteiger partial charge on any atom is -0.323 e. The third-order valence-electron chi connectivity index (χ3n) is 2.79. The van der Waals surface area contributed by atoms with Crippen LogP contribution in [0, 0.1) is 6.92 Å². The number of thioether (sulfide) groups is 1. The van der Waals surface area contributed by atoms with Crippen LogP contribution in [0.1, 0.15) is 17.2 Å². The molecule has 0 aliphatic heterocycles. The maximum absolute atomic E-state index is 6.18. The zero-order valence-corrected chi connectivity index (χ0v) is 12.9. The van der Waals surface area contributed by atoms with Gasteiger partial charge in [0.1, 0.15) is 0 Å². The lowest BCUT2D eigenvalue weighted by molar-refractivity contribution is 0.831. The van der Waals surface area contributed by atoms with E-state index in [2.05, 4.69) is 31.2 Å². The van der Waals surface area contributed by atoms with Crippen molar-refractivity contribution >= 4 is 35.0 Å². The molecule has 2 N–H and O–H groups in total. The van der Waals surface area contributed by atoms with Crippen molar-refractivity contribution < 1.29 is 0 Å². The summed E-state index contributed by atoms with van der Waals surface area (Å²) >= 11 is 13.6. The van der Waals surface area contributed by atoms with Crippen LogP contribution in [0.3, 0.4) is 0 Å². The van der Waals surface area contributed by atoms with Crippen LogP contribution in [0.5, 0.6) is 0 Å². The summed E-state index contributed by atoms with van der Waals surface area (Å²) in [5, 5.41) is 1.11. The number of hydrogen-bond acceptors (Lipinski definition) is 2. The van der Waals surface area contributed by atoms with Gasteiger partial charge in [0.05, 0.1) is 10.0 Å². The fraction of sp³-hybridized carbons (Fsp3) is 0.200. The second-order valence-corrected chi connectivity index (χ2v) is 6.32. The first kappa shape index (κ1) is 14.7. The van der Waals surface area contributed by atoms with Crippen molar-refractivity contribution in [3.05, 3.63) is 63.6 Å². The van der Waals surface area contributed by atoms with Crippen molar-refractivity contribution in [3.63, 3.8) is 0 Å². The smallest absolute Gasteiger partial charge is 0.0595 e. The van der Waals surface area contributed by atoms with Crippen LogP contribution in [0.15, 0.2) is 47.4 Å². The quantitative estimate of drug-likeness (QED) is 0.795. The molecule has 0 bridgehead atoms. The van der Waals surface area contributed by atoms with Gasteiger partial charge in [-0.1, -0.05) is 47.0 Å². The van der Waals surface area contributed by atoms with E-state index in [-0.39, 0.29) is 6.04 Å². The number of aryl methyl sites for hydroxylation is 1. The monoisotopic (exact) mass is 311 g/mol. The Hall–Kier alpha value is -0.670. The molecule has 2 rings (SSSR count). The molecule has 0 radical (unpaired) electrons. The molecule has 0 spiro atoms. The first-order valence-corrected chi connectivity index (χ1v) is 7.70. The lowest BCUT2D eigenvalue weighted by Crippen LogP contribution is -2.12.